The van der Waals surface area contributed by atoms with Crippen LogP contribution in [0, 0.1) is 0 Å². The Labute approximate surface area is 95.5 Å². The lowest BCUT2D eigenvalue weighted by Crippen LogP contribution is -2.01. The fraction of sp³-hybridized carbons (Fsp3) is 0.455. The van der Waals surface area contributed by atoms with E-state index < -0.39 is 0 Å². The maximum absolute atomic E-state index is 4.22. The molecule has 0 saturated heterocycles. The summed E-state index contributed by atoms with van der Waals surface area (Å²) in [6, 6.07) is 8.27. The van der Waals surface area contributed by atoms with E-state index in [0.29, 0.717) is 0 Å². The van der Waals surface area contributed by atoms with E-state index in [2.05, 4.69) is 42.1 Å². The van der Waals surface area contributed by atoms with Crippen LogP contribution in [0.2, 0.25) is 0 Å². The third-order valence-corrected chi connectivity index (χ3v) is 3.22. The number of unbranched alkanes of at least 4 members (excludes halogenated alkanes) is 2. The summed E-state index contributed by atoms with van der Waals surface area (Å²) in [4.78, 5) is 1.20. The molecule has 14 heavy (non-hydrogen) atoms. The van der Waals surface area contributed by atoms with Gasteiger partial charge in [0.25, 0.3) is 0 Å². The molecular formula is C11H17NS2. The predicted octanol–water partition coefficient (Wildman–Crippen LogP) is 4.23. The van der Waals surface area contributed by atoms with Crippen molar-refractivity contribution in [2.45, 2.75) is 31.1 Å². The summed E-state index contributed by atoms with van der Waals surface area (Å²) in [5.74, 6) is 0. The molecule has 1 aromatic carbocycles. The number of para-hydroxylation sites is 1. The molecule has 1 N–H and O–H groups in total. The van der Waals surface area contributed by atoms with Crippen molar-refractivity contribution in [3.63, 3.8) is 0 Å². The Hall–Kier alpha value is -0.280. The van der Waals surface area contributed by atoms with Gasteiger partial charge in [-0.15, -0.1) is 11.7 Å². The first kappa shape index (κ1) is 11.8. The van der Waals surface area contributed by atoms with Gasteiger partial charge in [-0.3, -0.25) is 0 Å². The van der Waals surface area contributed by atoms with Crippen LogP contribution in [0.15, 0.2) is 29.2 Å². The number of hydrogen-bond acceptors (Lipinski definition) is 3. The molecule has 1 aromatic rings. The zero-order valence-electron chi connectivity index (χ0n) is 8.49. The van der Waals surface area contributed by atoms with E-state index in [4.69, 9.17) is 0 Å². The Balaban J connectivity index is 2.41. The minimum absolute atomic E-state index is 1.05. The van der Waals surface area contributed by atoms with Gasteiger partial charge in [0.15, 0.2) is 0 Å². The minimum atomic E-state index is 1.05. The van der Waals surface area contributed by atoms with Crippen molar-refractivity contribution in [3.05, 3.63) is 24.3 Å². The predicted molar refractivity (Wildman–Crippen MR) is 69.3 cm³/mol. The van der Waals surface area contributed by atoms with Crippen LogP contribution >= 0.6 is 22.5 Å². The maximum atomic E-state index is 4.22. The van der Waals surface area contributed by atoms with Crippen LogP contribution in [0.25, 0.3) is 0 Å². The van der Waals surface area contributed by atoms with Gasteiger partial charge in [0.2, 0.25) is 0 Å². The average Bonchev–Trinajstić information content (AvgIpc) is 2.25. The standard InChI is InChI=1S/C11H17NS2/c1-2-3-6-9-12-10-7-4-5-8-11(10)14-13/h4-5,7-8,12-13H,2-3,6,9H2,1H3. The van der Waals surface area contributed by atoms with Crippen LogP contribution in [0.4, 0.5) is 5.69 Å². The van der Waals surface area contributed by atoms with Gasteiger partial charge >= 0.3 is 0 Å². The van der Waals surface area contributed by atoms with E-state index in [9.17, 15) is 0 Å². The van der Waals surface area contributed by atoms with Crippen LogP contribution in [-0.4, -0.2) is 6.54 Å². The molecule has 0 aromatic heterocycles. The van der Waals surface area contributed by atoms with Crippen molar-refractivity contribution in [2.24, 2.45) is 0 Å². The number of nitrogens with one attached hydrogen (secondary N) is 1. The highest BCUT2D eigenvalue weighted by Crippen LogP contribution is 2.29. The molecule has 0 spiro atoms. The van der Waals surface area contributed by atoms with E-state index in [0.717, 1.165) is 6.54 Å². The highest BCUT2D eigenvalue weighted by atomic mass is 33.1. The summed E-state index contributed by atoms with van der Waals surface area (Å²) in [5, 5.41) is 3.43. The number of hydrogen-bond donors (Lipinski definition) is 2. The lowest BCUT2D eigenvalue weighted by molar-refractivity contribution is 0.743. The van der Waals surface area contributed by atoms with Crippen LogP contribution in [0.5, 0.6) is 0 Å². The Bertz CT molecular complexity index is 263. The third-order valence-electron chi connectivity index (χ3n) is 2.08. The van der Waals surface area contributed by atoms with Crippen LogP contribution in [0.3, 0.4) is 0 Å². The van der Waals surface area contributed by atoms with Crippen LogP contribution in [-0.2, 0) is 0 Å². The van der Waals surface area contributed by atoms with Crippen molar-refractivity contribution in [2.75, 3.05) is 11.9 Å². The number of benzene rings is 1. The Morgan fingerprint density at radius 1 is 1.29 bits per heavy atom. The first-order valence-corrected chi connectivity index (χ1v) is 6.89. The third kappa shape index (κ3) is 3.84. The molecule has 0 bridgehead atoms. The molecule has 0 atom stereocenters. The Morgan fingerprint density at radius 2 is 2.07 bits per heavy atom. The second-order valence-electron chi connectivity index (χ2n) is 3.22. The first-order chi connectivity index (χ1) is 6.88. The molecule has 0 fully saturated rings. The molecule has 1 rings (SSSR count). The molecule has 0 unspecified atom stereocenters. The van der Waals surface area contributed by atoms with E-state index in [1.807, 2.05) is 6.07 Å². The molecule has 78 valence electrons. The van der Waals surface area contributed by atoms with Crippen molar-refractivity contribution in [3.8, 4) is 0 Å². The van der Waals surface area contributed by atoms with E-state index >= 15 is 0 Å². The number of anilines is 1. The molecule has 0 radical (unpaired) electrons. The van der Waals surface area contributed by atoms with Gasteiger partial charge in [0, 0.05) is 17.1 Å². The molecule has 0 heterocycles. The molecule has 0 saturated carbocycles. The van der Waals surface area contributed by atoms with Gasteiger partial charge < -0.3 is 5.32 Å². The fourth-order valence-electron chi connectivity index (χ4n) is 1.29. The van der Waals surface area contributed by atoms with Gasteiger partial charge in [-0.25, -0.2) is 0 Å². The molecule has 0 amide bonds. The second-order valence-corrected chi connectivity index (χ2v) is 4.39. The van der Waals surface area contributed by atoms with Crippen LogP contribution < -0.4 is 5.32 Å². The Kier molecular flexibility index (Phi) is 5.96. The SMILES string of the molecule is CCCCCNc1ccccc1SS. The number of thiol groups is 1. The van der Waals surface area contributed by atoms with Gasteiger partial charge in [0.1, 0.15) is 0 Å². The zero-order chi connectivity index (χ0) is 10.2. The van der Waals surface area contributed by atoms with Gasteiger partial charge in [0.05, 0.1) is 0 Å². The Morgan fingerprint density at radius 3 is 2.79 bits per heavy atom. The summed E-state index contributed by atoms with van der Waals surface area (Å²) >= 11 is 4.22. The summed E-state index contributed by atoms with van der Waals surface area (Å²) in [6.07, 6.45) is 3.80. The first-order valence-electron chi connectivity index (χ1n) is 5.02. The van der Waals surface area contributed by atoms with Gasteiger partial charge in [-0.1, -0.05) is 42.7 Å². The van der Waals surface area contributed by atoms with Crippen molar-refractivity contribution >= 4 is 28.1 Å². The van der Waals surface area contributed by atoms with E-state index in [1.54, 1.807) is 0 Å². The molecule has 0 aliphatic carbocycles. The van der Waals surface area contributed by atoms with Crippen molar-refractivity contribution in [1.29, 1.82) is 0 Å². The molecule has 0 aliphatic rings. The second kappa shape index (κ2) is 7.07. The van der Waals surface area contributed by atoms with E-state index in [-0.39, 0.29) is 0 Å². The topological polar surface area (TPSA) is 12.0 Å². The lowest BCUT2D eigenvalue weighted by atomic mass is 10.2. The molecule has 3 heteroatoms. The monoisotopic (exact) mass is 227 g/mol. The maximum Gasteiger partial charge on any atom is 0.0487 e. The highest BCUT2D eigenvalue weighted by molar-refractivity contribution is 8.68. The summed E-state index contributed by atoms with van der Waals surface area (Å²) in [7, 11) is 1.49. The molecule has 1 nitrogen and oxygen atoms in total. The summed E-state index contributed by atoms with van der Waals surface area (Å²) in [5.41, 5.74) is 1.20. The molecular weight excluding hydrogens is 210 g/mol. The zero-order valence-corrected chi connectivity index (χ0v) is 10.2. The van der Waals surface area contributed by atoms with Crippen LogP contribution in [0.1, 0.15) is 26.2 Å². The van der Waals surface area contributed by atoms with Gasteiger partial charge in [-0.05, 0) is 18.6 Å². The average molecular weight is 227 g/mol. The number of rotatable bonds is 6. The van der Waals surface area contributed by atoms with Crippen molar-refractivity contribution < 1.29 is 0 Å². The highest BCUT2D eigenvalue weighted by Gasteiger charge is 1.98. The van der Waals surface area contributed by atoms with Gasteiger partial charge in [-0.2, -0.15) is 0 Å². The van der Waals surface area contributed by atoms with E-state index in [1.165, 1.54) is 40.6 Å². The summed E-state index contributed by atoms with van der Waals surface area (Å²) < 4.78 is 0. The normalized spacial score (nSPS) is 10.1. The smallest absolute Gasteiger partial charge is 0.0487 e. The van der Waals surface area contributed by atoms with Crippen molar-refractivity contribution in [1.82, 2.24) is 0 Å². The lowest BCUT2D eigenvalue weighted by Gasteiger charge is -2.09. The quantitative estimate of drug-likeness (QED) is 0.428. The fourth-order valence-corrected chi connectivity index (χ4v) is 2.15. The molecule has 0 aliphatic heterocycles. The summed E-state index contributed by atoms with van der Waals surface area (Å²) in [6.45, 7) is 3.27. The minimum Gasteiger partial charge on any atom is -0.384 e. The largest absolute Gasteiger partial charge is 0.384 e.